The van der Waals surface area contributed by atoms with Crippen LogP contribution in [-0.2, 0) is 0 Å². The number of hydrogen-bond donors (Lipinski definition) is 0. The van der Waals surface area contributed by atoms with E-state index in [0.717, 1.165) is 11.1 Å². The molecule has 0 N–H and O–H groups in total. The Kier molecular flexibility index (Phi) is 7.94. The monoisotopic (exact) mass is 681 g/mol. The van der Waals surface area contributed by atoms with Crippen LogP contribution in [0, 0.1) is 11.6 Å². The Morgan fingerprint density at radius 2 is 1.00 bits per heavy atom. The smallest absolute Gasteiger partial charge is 0.164 e. The van der Waals surface area contributed by atoms with Crippen molar-refractivity contribution in [2.45, 2.75) is 16.1 Å². The minimum absolute atomic E-state index is 0.116. The molecule has 0 radical (unpaired) electrons. The normalized spacial score (nSPS) is 16.0. The highest BCUT2D eigenvalue weighted by molar-refractivity contribution is 8.01. The number of fused-ring (bicyclic) bond motifs is 3. The van der Waals surface area contributed by atoms with E-state index in [1.54, 1.807) is 24.3 Å². The van der Waals surface area contributed by atoms with Crippen molar-refractivity contribution in [3.05, 3.63) is 187 Å². The molecule has 2 aliphatic rings. The van der Waals surface area contributed by atoms with Gasteiger partial charge in [0.2, 0.25) is 0 Å². The molecular formula is C45H29F2N3S. The first-order valence-electron chi connectivity index (χ1n) is 16.8. The summed E-state index contributed by atoms with van der Waals surface area (Å²) in [6, 6.07) is 46.5. The molecule has 0 amide bonds. The van der Waals surface area contributed by atoms with Crippen LogP contribution in [0.1, 0.15) is 17.0 Å². The van der Waals surface area contributed by atoms with Gasteiger partial charge >= 0.3 is 0 Å². The van der Waals surface area contributed by atoms with Gasteiger partial charge in [0.15, 0.2) is 17.5 Å². The Labute approximate surface area is 299 Å². The van der Waals surface area contributed by atoms with Gasteiger partial charge in [-0.15, -0.1) is 11.8 Å². The van der Waals surface area contributed by atoms with Crippen molar-refractivity contribution in [1.29, 1.82) is 0 Å². The number of halogens is 2. The molecule has 9 rings (SSSR count). The molecule has 0 saturated heterocycles. The minimum atomic E-state index is -0.339. The molecule has 0 saturated carbocycles. The average molecular weight is 682 g/mol. The zero-order chi connectivity index (χ0) is 34.3. The Bertz CT molecular complexity index is 2390. The van der Waals surface area contributed by atoms with E-state index in [1.165, 1.54) is 62.6 Å². The van der Waals surface area contributed by atoms with Crippen molar-refractivity contribution in [1.82, 2.24) is 15.0 Å². The first-order chi connectivity index (χ1) is 25.1. The highest BCUT2D eigenvalue weighted by atomic mass is 32.2. The van der Waals surface area contributed by atoms with Gasteiger partial charge in [0.05, 0.1) is 0 Å². The van der Waals surface area contributed by atoms with Crippen molar-refractivity contribution >= 4 is 17.3 Å². The average Bonchev–Trinajstić information content (AvgIpc) is 3.58. The van der Waals surface area contributed by atoms with Crippen LogP contribution in [-0.4, -0.2) is 20.2 Å². The van der Waals surface area contributed by atoms with Crippen molar-refractivity contribution in [2.75, 3.05) is 0 Å². The molecule has 1 aliphatic heterocycles. The lowest BCUT2D eigenvalue weighted by molar-refractivity contribution is 0.627. The number of nitrogens with zero attached hydrogens (tertiary/aromatic N) is 3. The predicted molar refractivity (Wildman–Crippen MR) is 203 cm³/mol. The van der Waals surface area contributed by atoms with Gasteiger partial charge in [0.1, 0.15) is 11.6 Å². The molecule has 0 bridgehead atoms. The summed E-state index contributed by atoms with van der Waals surface area (Å²) in [5.74, 6) is 0.759. The molecule has 1 aromatic heterocycles. The minimum Gasteiger partial charge on any atom is -0.208 e. The molecule has 51 heavy (non-hydrogen) atoms. The Balaban J connectivity index is 1.06. The third kappa shape index (κ3) is 5.98. The standard InChI is InChI=1S/C45H29F2N3S/c46-35-23-19-31(20-24-35)43-48-44(32-21-25-36(47)26-22-32)50-45(49-43)34-10-4-9-33(27-34)38-12-6-14-40-39-13-5-11-37(41(39)51-42(38)40)30-17-15-29(16-18-30)28-7-2-1-3-8-28/h1-27,38,42H. The Morgan fingerprint density at radius 1 is 0.471 bits per heavy atom. The molecule has 2 unspecified atom stereocenters. The van der Waals surface area contributed by atoms with Crippen LogP contribution in [0.3, 0.4) is 0 Å². The van der Waals surface area contributed by atoms with Gasteiger partial charge in [-0.1, -0.05) is 109 Å². The lowest BCUT2D eigenvalue weighted by atomic mass is 9.84. The van der Waals surface area contributed by atoms with Crippen LogP contribution < -0.4 is 0 Å². The van der Waals surface area contributed by atoms with E-state index in [2.05, 4.69) is 97.1 Å². The fourth-order valence-corrected chi connectivity index (χ4v) is 8.51. The lowest BCUT2D eigenvalue weighted by Crippen LogP contribution is -2.14. The number of allylic oxidation sites excluding steroid dienone is 3. The van der Waals surface area contributed by atoms with Crippen LogP contribution in [0.5, 0.6) is 0 Å². The van der Waals surface area contributed by atoms with E-state index in [4.69, 9.17) is 15.0 Å². The van der Waals surface area contributed by atoms with Gasteiger partial charge in [0, 0.05) is 32.8 Å². The van der Waals surface area contributed by atoms with Gasteiger partial charge in [-0.2, -0.15) is 0 Å². The van der Waals surface area contributed by atoms with E-state index in [9.17, 15) is 8.78 Å². The number of hydrogen-bond acceptors (Lipinski definition) is 4. The van der Waals surface area contributed by atoms with Crippen LogP contribution >= 0.6 is 11.8 Å². The van der Waals surface area contributed by atoms with E-state index in [0.29, 0.717) is 28.6 Å². The molecule has 2 heterocycles. The topological polar surface area (TPSA) is 38.7 Å². The van der Waals surface area contributed by atoms with E-state index >= 15 is 0 Å². The summed E-state index contributed by atoms with van der Waals surface area (Å²) in [5, 5.41) is 0.202. The maximum absolute atomic E-state index is 13.8. The van der Waals surface area contributed by atoms with Gasteiger partial charge in [-0.05, 0) is 93.6 Å². The van der Waals surface area contributed by atoms with Crippen molar-refractivity contribution in [3.8, 4) is 56.4 Å². The largest absolute Gasteiger partial charge is 0.208 e. The lowest BCUT2D eigenvalue weighted by Gasteiger charge is -2.25. The maximum atomic E-state index is 13.8. The number of aromatic nitrogens is 3. The Morgan fingerprint density at radius 3 is 1.67 bits per heavy atom. The van der Waals surface area contributed by atoms with Crippen LogP contribution in [0.4, 0.5) is 8.78 Å². The Hall–Kier alpha value is -5.98. The van der Waals surface area contributed by atoms with E-state index in [1.807, 2.05) is 30.0 Å². The number of benzene rings is 6. The third-order valence-corrected chi connectivity index (χ3v) is 10.9. The third-order valence-electron chi connectivity index (χ3n) is 9.47. The van der Waals surface area contributed by atoms with E-state index in [-0.39, 0.29) is 22.8 Å². The summed E-state index contributed by atoms with van der Waals surface area (Å²) in [4.78, 5) is 15.7. The summed E-state index contributed by atoms with van der Waals surface area (Å²) in [7, 11) is 0. The highest BCUT2D eigenvalue weighted by Crippen LogP contribution is 2.55. The number of thioether (sulfide) groups is 1. The molecule has 244 valence electrons. The van der Waals surface area contributed by atoms with Crippen molar-refractivity contribution in [2.24, 2.45) is 0 Å². The fourth-order valence-electron chi connectivity index (χ4n) is 6.90. The number of rotatable bonds is 6. The molecule has 0 fully saturated rings. The molecule has 3 nitrogen and oxygen atoms in total. The van der Waals surface area contributed by atoms with E-state index < -0.39 is 0 Å². The molecule has 6 heteroatoms. The summed E-state index contributed by atoms with van der Waals surface area (Å²) < 4.78 is 27.6. The molecule has 2 atom stereocenters. The fraction of sp³-hybridized carbons (Fsp3) is 0.0444. The zero-order valence-corrected chi connectivity index (χ0v) is 28.1. The molecule has 1 aliphatic carbocycles. The van der Waals surface area contributed by atoms with Crippen molar-refractivity contribution in [3.63, 3.8) is 0 Å². The second kappa shape index (κ2) is 13.0. The summed E-state index contributed by atoms with van der Waals surface area (Å²) in [6.45, 7) is 0. The summed E-state index contributed by atoms with van der Waals surface area (Å²) in [6.07, 6.45) is 6.70. The van der Waals surface area contributed by atoms with Crippen LogP contribution in [0.15, 0.2) is 169 Å². The maximum Gasteiger partial charge on any atom is 0.164 e. The van der Waals surface area contributed by atoms with Crippen LogP contribution in [0.25, 0.3) is 62.0 Å². The van der Waals surface area contributed by atoms with Gasteiger partial charge < -0.3 is 0 Å². The second-order valence-corrected chi connectivity index (χ2v) is 13.8. The SMILES string of the molecule is Fc1ccc(-c2nc(-c3ccc(F)cc3)nc(-c3cccc(C4C=CC=C5c6cccc(-c7ccc(-c8ccccc8)cc7)c6SC54)c3)n2)cc1. The highest BCUT2D eigenvalue weighted by Gasteiger charge is 2.36. The summed E-state index contributed by atoms with van der Waals surface area (Å²) in [5.41, 5.74) is 10.8. The zero-order valence-electron chi connectivity index (χ0n) is 27.2. The quantitative estimate of drug-likeness (QED) is 0.175. The predicted octanol–water partition coefficient (Wildman–Crippen LogP) is 11.7. The summed E-state index contributed by atoms with van der Waals surface area (Å²) >= 11 is 1.93. The molecule has 0 spiro atoms. The molecular weight excluding hydrogens is 653 g/mol. The molecule has 7 aromatic rings. The first kappa shape index (κ1) is 31.0. The molecule has 6 aromatic carbocycles. The van der Waals surface area contributed by atoms with Crippen molar-refractivity contribution < 1.29 is 8.78 Å². The van der Waals surface area contributed by atoms with Gasteiger partial charge in [-0.25, -0.2) is 23.7 Å². The first-order valence-corrected chi connectivity index (χ1v) is 17.7. The van der Waals surface area contributed by atoms with Gasteiger partial charge in [0.25, 0.3) is 0 Å². The van der Waals surface area contributed by atoms with Gasteiger partial charge in [-0.3, -0.25) is 0 Å². The van der Waals surface area contributed by atoms with Crippen LogP contribution in [0.2, 0.25) is 0 Å². The second-order valence-electron chi connectivity index (χ2n) is 12.6.